The van der Waals surface area contributed by atoms with Crippen molar-refractivity contribution in [2.24, 2.45) is 17.3 Å². The van der Waals surface area contributed by atoms with E-state index in [1.165, 1.54) is 0 Å². The highest BCUT2D eigenvalue weighted by molar-refractivity contribution is 6.04. The molecule has 5 atom stereocenters. The van der Waals surface area contributed by atoms with Gasteiger partial charge < -0.3 is 24.5 Å². The maximum atomic E-state index is 14.7. The molecule has 1 aromatic carbocycles. The Kier molecular flexibility index (Phi) is 7.94. The fraction of sp³-hybridized carbons (Fsp3) is 0.618. The monoisotopic (exact) mass is 577 g/mol. The highest BCUT2D eigenvalue weighted by atomic mass is 16.5. The Morgan fingerprint density at radius 1 is 0.881 bits per heavy atom. The standard InChI is InChI=1S/C34H47N3O5/c1-31(2,3)23-32(4,5)37-21-14-18-34-26(29(40)36(27(34)30(37)41)19-11-8-12-22-38)25-28(39)35(24-15-9-7-10-16-24)20-13-17-33(25,6)42-34/h7,9-10,13-18,25-27,38H,8,11-12,19-23H2,1-6H3/t25-,26+,27?,33+,34+/m1/s1. The first kappa shape index (κ1) is 30.5. The van der Waals surface area contributed by atoms with E-state index in [2.05, 4.69) is 34.6 Å². The third-order valence-corrected chi connectivity index (χ3v) is 9.38. The summed E-state index contributed by atoms with van der Waals surface area (Å²) in [6.45, 7) is 13.8. The fourth-order valence-electron chi connectivity index (χ4n) is 8.11. The third-order valence-electron chi connectivity index (χ3n) is 9.38. The molecule has 4 heterocycles. The minimum Gasteiger partial charge on any atom is -0.396 e. The average Bonchev–Trinajstić information content (AvgIpc) is 3.16. The number of rotatable bonds is 8. The van der Waals surface area contributed by atoms with Crippen LogP contribution >= 0.6 is 0 Å². The smallest absolute Gasteiger partial charge is 0.249 e. The summed E-state index contributed by atoms with van der Waals surface area (Å²) >= 11 is 0. The number of aliphatic hydroxyl groups is 1. The van der Waals surface area contributed by atoms with E-state index < -0.39 is 34.6 Å². The van der Waals surface area contributed by atoms with Gasteiger partial charge in [0, 0.05) is 37.5 Å². The Morgan fingerprint density at radius 3 is 2.24 bits per heavy atom. The van der Waals surface area contributed by atoms with Crippen LogP contribution in [0, 0.1) is 17.3 Å². The van der Waals surface area contributed by atoms with Crippen LogP contribution < -0.4 is 4.90 Å². The van der Waals surface area contributed by atoms with Crippen LogP contribution in [0.15, 0.2) is 54.6 Å². The van der Waals surface area contributed by atoms with Gasteiger partial charge in [0.15, 0.2) is 0 Å². The Hall–Kier alpha value is -2.97. The largest absolute Gasteiger partial charge is 0.396 e. The molecule has 42 heavy (non-hydrogen) atoms. The summed E-state index contributed by atoms with van der Waals surface area (Å²) in [7, 11) is 0. The van der Waals surface area contributed by atoms with E-state index in [1.807, 2.05) is 66.5 Å². The number of aliphatic hydroxyl groups excluding tert-OH is 1. The van der Waals surface area contributed by atoms with E-state index in [4.69, 9.17) is 4.74 Å². The summed E-state index contributed by atoms with van der Waals surface area (Å²) < 4.78 is 6.97. The number of unbranched alkanes of at least 4 members (excludes halogenated alkanes) is 2. The Labute approximate surface area is 250 Å². The van der Waals surface area contributed by atoms with Gasteiger partial charge in [-0.25, -0.2) is 0 Å². The predicted octanol–water partition coefficient (Wildman–Crippen LogP) is 4.34. The maximum absolute atomic E-state index is 14.7. The van der Waals surface area contributed by atoms with Crippen molar-refractivity contribution in [3.05, 3.63) is 54.6 Å². The quantitative estimate of drug-likeness (QED) is 0.367. The van der Waals surface area contributed by atoms with E-state index >= 15 is 0 Å². The van der Waals surface area contributed by atoms with Crippen LogP contribution in [0.5, 0.6) is 0 Å². The Morgan fingerprint density at radius 2 is 1.57 bits per heavy atom. The molecule has 8 heteroatoms. The number of ether oxygens (including phenoxy) is 1. The van der Waals surface area contributed by atoms with Gasteiger partial charge in [-0.2, -0.15) is 0 Å². The van der Waals surface area contributed by atoms with Crippen molar-refractivity contribution in [2.45, 2.75) is 90.0 Å². The van der Waals surface area contributed by atoms with Gasteiger partial charge in [0.05, 0.1) is 17.4 Å². The molecular formula is C34H47N3O5. The third kappa shape index (κ3) is 5.11. The molecule has 1 N–H and O–H groups in total. The minimum atomic E-state index is -1.27. The summed E-state index contributed by atoms with van der Waals surface area (Å²) in [6, 6.07) is 8.63. The number of amides is 3. The molecule has 1 unspecified atom stereocenters. The van der Waals surface area contributed by atoms with Crippen molar-refractivity contribution in [1.29, 1.82) is 0 Å². The van der Waals surface area contributed by atoms with Crippen molar-refractivity contribution in [3.63, 3.8) is 0 Å². The lowest BCUT2D eigenvalue weighted by atomic mass is 9.74. The summed E-state index contributed by atoms with van der Waals surface area (Å²) in [5, 5.41) is 9.34. The molecular weight excluding hydrogens is 530 g/mol. The van der Waals surface area contributed by atoms with Crippen molar-refractivity contribution < 1.29 is 24.2 Å². The van der Waals surface area contributed by atoms with Crippen molar-refractivity contribution in [1.82, 2.24) is 9.80 Å². The number of anilines is 1. The van der Waals surface area contributed by atoms with Gasteiger partial charge in [-0.15, -0.1) is 0 Å². The van der Waals surface area contributed by atoms with Crippen LogP contribution in [0.25, 0.3) is 0 Å². The highest BCUT2D eigenvalue weighted by Gasteiger charge is 2.75. The zero-order valence-corrected chi connectivity index (χ0v) is 26.0. The van der Waals surface area contributed by atoms with Crippen LogP contribution in [0.3, 0.4) is 0 Å². The SMILES string of the molecule is CC(C)(C)CC(C)(C)N1CC=C[C@]23O[C@@]4(C)C=CCN(c5ccccc5)C(=O)[C@H]4[C@H]2C(=O)N(CCCCCO)C3C1=O. The number of hydrogen-bond donors (Lipinski definition) is 1. The molecule has 3 amide bonds. The zero-order valence-electron chi connectivity index (χ0n) is 26.0. The second-order valence-corrected chi connectivity index (χ2v) is 14.4. The molecule has 4 aliphatic heterocycles. The highest BCUT2D eigenvalue weighted by Crippen LogP contribution is 2.58. The Balaban J connectivity index is 1.59. The topological polar surface area (TPSA) is 90.4 Å². The van der Waals surface area contributed by atoms with E-state index in [-0.39, 0.29) is 29.7 Å². The lowest BCUT2D eigenvalue weighted by Crippen LogP contribution is -2.60. The summed E-state index contributed by atoms with van der Waals surface area (Å²) in [4.78, 5) is 49.0. The van der Waals surface area contributed by atoms with Gasteiger partial charge in [-0.05, 0) is 64.0 Å². The van der Waals surface area contributed by atoms with Crippen molar-refractivity contribution in [2.75, 3.05) is 31.1 Å². The number of carbonyl (C=O) groups is 3. The van der Waals surface area contributed by atoms with E-state index in [1.54, 1.807) is 9.80 Å². The van der Waals surface area contributed by atoms with Crippen molar-refractivity contribution in [3.8, 4) is 0 Å². The molecule has 0 aliphatic carbocycles. The number of para-hydroxylation sites is 1. The van der Waals surface area contributed by atoms with Crippen LogP contribution in [0.1, 0.15) is 67.2 Å². The molecule has 0 bridgehead atoms. The minimum absolute atomic E-state index is 0.0157. The van der Waals surface area contributed by atoms with E-state index in [0.717, 1.165) is 18.5 Å². The summed E-state index contributed by atoms with van der Waals surface area (Å²) in [6.07, 6.45) is 10.6. The normalized spacial score (nSPS) is 31.3. The molecule has 2 fully saturated rings. The lowest BCUT2D eigenvalue weighted by Gasteiger charge is -2.44. The lowest BCUT2D eigenvalue weighted by molar-refractivity contribution is -0.155. The van der Waals surface area contributed by atoms with Gasteiger partial charge in [-0.1, -0.05) is 63.3 Å². The van der Waals surface area contributed by atoms with Gasteiger partial charge in [0.1, 0.15) is 11.6 Å². The van der Waals surface area contributed by atoms with Gasteiger partial charge >= 0.3 is 0 Å². The second kappa shape index (κ2) is 10.9. The van der Waals surface area contributed by atoms with Gasteiger partial charge in [-0.3, -0.25) is 14.4 Å². The number of benzene rings is 1. The van der Waals surface area contributed by atoms with Gasteiger partial charge in [0.25, 0.3) is 0 Å². The number of hydrogen-bond acceptors (Lipinski definition) is 5. The van der Waals surface area contributed by atoms with Crippen LogP contribution in [-0.4, -0.2) is 81.7 Å². The average molecular weight is 578 g/mol. The number of likely N-dealkylation sites (tertiary alicyclic amines) is 1. The number of carbonyl (C=O) groups excluding carboxylic acids is 3. The molecule has 4 aliphatic rings. The maximum Gasteiger partial charge on any atom is 0.249 e. The van der Waals surface area contributed by atoms with E-state index in [9.17, 15) is 19.5 Å². The molecule has 8 nitrogen and oxygen atoms in total. The molecule has 0 saturated carbocycles. The first-order valence-electron chi connectivity index (χ1n) is 15.4. The molecule has 228 valence electrons. The number of fused-ring (bicyclic) bond motifs is 2. The first-order valence-corrected chi connectivity index (χ1v) is 15.4. The van der Waals surface area contributed by atoms with Crippen molar-refractivity contribution >= 4 is 23.4 Å². The summed E-state index contributed by atoms with van der Waals surface area (Å²) in [5.41, 5.74) is -2.04. The van der Waals surface area contributed by atoms with Crippen LogP contribution in [0.2, 0.25) is 0 Å². The van der Waals surface area contributed by atoms with Gasteiger partial charge in [0.2, 0.25) is 17.7 Å². The molecule has 0 aromatic heterocycles. The Bertz CT molecular complexity index is 1270. The van der Waals surface area contributed by atoms with E-state index in [0.29, 0.717) is 32.5 Å². The predicted molar refractivity (Wildman–Crippen MR) is 163 cm³/mol. The first-order chi connectivity index (χ1) is 19.8. The molecule has 2 saturated heterocycles. The molecule has 1 spiro atoms. The second-order valence-electron chi connectivity index (χ2n) is 14.4. The van der Waals surface area contributed by atoms with Crippen LogP contribution in [-0.2, 0) is 19.1 Å². The summed E-state index contributed by atoms with van der Waals surface area (Å²) in [5.74, 6) is -2.13. The zero-order chi connectivity index (χ0) is 30.5. The number of nitrogens with zero attached hydrogens (tertiary/aromatic N) is 3. The fourth-order valence-corrected chi connectivity index (χ4v) is 8.11. The molecule has 1 aromatic rings. The molecule has 5 rings (SSSR count). The van der Waals surface area contributed by atoms with Crippen LogP contribution in [0.4, 0.5) is 5.69 Å². The molecule has 0 radical (unpaired) electrons.